The van der Waals surface area contributed by atoms with Crippen LogP contribution >= 0.6 is 0 Å². The van der Waals surface area contributed by atoms with E-state index in [0.29, 0.717) is 5.69 Å². The van der Waals surface area contributed by atoms with Gasteiger partial charge in [-0.3, -0.25) is 4.90 Å². The number of piperidine rings is 1. The topological polar surface area (TPSA) is 59.1 Å². The van der Waals surface area contributed by atoms with E-state index in [1.54, 1.807) is 35.3 Å². The summed E-state index contributed by atoms with van der Waals surface area (Å²) < 4.78 is 17.4. The van der Waals surface area contributed by atoms with Crippen LogP contribution in [-0.4, -0.2) is 42.4 Å². The fourth-order valence-corrected chi connectivity index (χ4v) is 3.77. The minimum Gasteiger partial charge on any atom is -0.385 e. The number of hydrogen-bond acceptors (Lipinski definition) is 4. The van der Waals surface area contributed by atoms with E-state index in [4.69, 9.17) is 0 Å². The van der Waals surface area contributed by atoms with Crippen LogP contribution in [0.5, 0.6) is 0 Å². The van der Waals surface area contributed by atoms with Gasteiger partial charge in [0.15, 0.2) is 0 Å². The predicted molar refractivity (Wildman–Crippen MR) is 99.7 cm³/mol. The average Bonchev–Trinajstić information content (AvgIpc) is 3.31. The van der Waals surface area contributed by atoms with E-state index < -0.39 is 6.10 Å². The van der Waals surface area contributed by atoms with E-state index in [9.17, 15) is 9.50 Å². The molecule has 2 aromatic heterocycles. The van der Waals surface area contributed by atoms with Crippen molar-refractivity contribution in [1.82, 2.24) is 24.2 Å². The number of aliphatic hydroxyl groups excluding tert-OH is 1. The summed E-state index contributed by atoms with van der Waals surface area (Å²) in [5, 5.41) is 14.9. The van der Waals surface area contributed by atoms with E-state index in [0.717, 1.165) is 43.9 Å². The lowest BCUT2D eigenvalue weighted by Gasteiger charge is -2.33. The fourth-order valence-electron chi connectivity index (χ4n) is 3.77. The van der Waals surface area contributed by atoms with Crippen molar-refractivity contribution in [3.8, 4) is 5.69 Å². The third kappa shape index (κ3) is 3.79. The van der Waals surface area contributed by atoms with Crippen LogP contribution in [0.2, 0.25) is 0 Å². The van der Waals surface area contributed by atoms with Crippen LogP contribution in [0.25, 0.3) is 5.69 Å². The molecular formula is C20H24FN5O. The molecule has 6 nitrogen and oxygen atoms in total. The van der Waals surface area contributed by atoms with Crippen LogP contribution in [0.15, 0.2) is 49.1 Å². The van der Waals surface area contributed by atoms with Crippen LogP contribution in [0.3, 0.4) is 0 Å². The van der Waals surface area contributed by atoms with Crippen molar-refractivity contribution in [3.05, 3.63) is 66.3 Å². The number of para-hydroxylation sites is 1. The van der Waals surface area contributed by atoms with E-state index in [1.165, 1.54) is 6.07 Å². The number of hydrogen-bond donors (Lipinski definition) is 1. The predicted octanol–water partition coefficient (Wildman–Crippen LogP) is 2.69. The number of benzene rings is 1. The van der Waals surface area contributed by atoms with Crippen molar-refractivity contribution in [1.29, 1.82) is 0 Å². The van der Waals surface area contributed by atoms with Gasteiger partial charge in [0.1, 0.15) is 23.4 Å². The van der Waals surface area contributed by atoms with Crippen molar-refractivity contribution in [2.24, 2.45) is 13.0 Å². The second kappa shape index (κ2) is 7.62. The Labute approximate surface area is 157 Å². The minimum absolute atomic E-state index is 0.225. The number of nitrogens with zero attached hydrogens (tertiary/aromatic N) is 5. The first-order valence-corrected chi connectivity index (χ1v) is 9.28. The Morgan fingerprint density at radius 2 is 2.04 bits per heavy atom. The Kier molecular flexibility index (Phi) is 5.05. The van der Waals surface area contributed by atoms with Crippen LogP contribution in [0, 0.1) is 11.7 Å². The number of likely N-dealkylation sites (tertiary alicyclic amines) is 1. The van der Waals surface area contributed by atoms with Crippen molar-refractivity contribution < 1.29 is 9.50 Å². The molecular weight excluding hydrogens is 345 g/mol. The summed E-state index contributed by atoms with van der Waals surface area (Å²) in [7, 11) is 1.91. The molecule has 1 atom stereocenters. The Balaban J connectivity index is 1.35. The van der Waals surface area contributed by atoms with Gasteiger partial charge in [-0.15, -0.1) is 0 Å². The van der Waals surface area contributed by atoms with Crippen molar-refractivity contribution >= 4 is 0 Å². The lowest BCUT2D eigenvalue weighted by Crippen LogP contribution is -2.35. The van der Waals surface area contributed by atoms with Gasteiger partial charge in [-0.2, -0.15) is 5.10 Å². The first-order valence-electron chi connectivity index (χ1n) is 9.28. The molecule has 1 aliphatic heterocycles. The molecule has 0 spiro atoms. The van der Waals surface area contributed by atoms with Crippen LogP contribution in [0.1, 0.15) is 30.3 Å². The highest BCUT2D eigenvalue weighted by atomic mass is 19.1. The second-order valence-electron chi connectivity index (χ2n) is 7.20. The molecule has 142 valence electrons. The highest BCUT2D eigenvalue weighted by Gasteiger charge is 2.28. The molecule has 0 saturated carbocycles. The molecule has 0 bridgehead atoms. The molecule has 1 unspecified atom stereocenters. The largest absolute Gasteiger partial charge is 0.385 e. The molecule has 1 N–H and O–H groups in total. The molecule has 1 aliphatic rings. The van der Waals surface area contributed by atoms with E-state index >= 15 is 0 Å². The number of aliphatic hydroxyl groups is 1. The highest BCUT2D eigenvalue weighted by molar-refractivity contribution is 5.32. The van der Waals surface area contributed by atoms with Crippen molar-refractivity contribution in [2.45, 2.75) is 25.5 Å². The third-order valence-electron chi connectivity index (χ3n) is 5.34. The number of imidazole rings is 1. The van der Waals surface area contributed by atoms with Crippen LogP contribution in [0.4, 0.5) is 4.39 Å². The summed E-state index contributed by atoms with van der Waals surface area (Å²) >= 11 is 0. The molecule has 1 fully saturated rings. The molecule has 0 radical (unpaired) electrons. The van der Waals surface area contributed by atoms with Gasteiger partial charge in [0, 0.05) is 37.7 Å². The molecule has 3 heterocycles. The summed E-state index contributed by atoms with van der Waals surface area (Å²) in [6, 6.07) is 6.63. The zero-order valence-corrected chi connectivity index (χ0v) is 15.4. The van der Waals surface area contributed by atoms with Crippen molar-refractivity contribution in [3.63, 3.8) is 0 Å². The summed E-state index contributed by atoms with van der Waals surface area (Å²) in [5.41, 5.74) is 1.52. The van der Waals surface area contributed by atoms with E-state index in [1.807, 2.05) is 24.0 Å². The van der Waals surface area contributed by atoms with Gasteiger partial charge < -0.3 is 9.67 Å². The second-order valence-corrected chi connectivity index (χ2v) is 7.20. The van der Waals surface area contributed by atoms with Gasteiger partial charge in [0.25, 0.3) is 0 Å². The molecule has 7 heteroatoms. The molecule has 3 aromatic rings. The van der Waals surface area contributed by atoms with Crippen LogP contribution in [-0.2, 0) is 13.6 Å². The van der Waals surface area contributed by atoms with E-state index in [-0.39, 0.29) is 11.7 Å². The molecule has 1 saturated heterocycles. The standard InChI is InChI=1S/C20H24FN5O/c1-24-11-8-22-20(24)19(27)16-6-9-25(10-7-16)13-15-12-23-26(14-15)18-5-3-2-4-17(18)21/h2-5,8,11-12,14,16,19,27H,6-7,9-10,13H2,1H3. The number of aromatic nitrogens is 4. The molecule has 0 amide bonds. The fraction of sp³-hybridized carbons (Fsp3) is 0.400. The van der Waals surface area contributed by atoms with Crippen LogP contribution < -0.4 is 0 Å². The number of aryl methyl sites for hydroxylation is 1. The summed E-state index contributed by atoms with van der Waals surface area (Å²) in [4.78, 5) is 6.63. The number of rotatable bonds is 5. The van der Waals surface area contributed by atoms with Gasteiger partial charge in [-0.1, -0.05) is 12.1 Å². The van der Waals surface area contributed by atoms with Gasteiger partial charge in [0.2, 0.25) is 0 Å². The van der Waals surface area contributed by atoms with Crippen molar-refractivity contribution in [2.75, 3.05) is 13.1 Å². The summed E-state index contributed by atoms with van der Waals surface area (Å²) in [6.45, 7) is 2.60. The first-order chi connectivity index (χ1) is 13.1. The normalized spacial score (nSPS) is 17.3. The van der Waals surface area contributed by atoms with Gasteiger partial charge in [-0.25, -0.2) is 14.1 Å². The lowest BCUT2D eigenvalue weighted by atomic mass is 9.90. The number of halogens is 1. The monoisotopic (exact) mass is 369 g/mol. The summed E-state index contributed by atoms with van der Waals surface area (Å²) in [6.07, 6.45) is 8.59. The Hall–Kier alpha value is -2.51. The quantitative estimate of drug-likeness (QED) is 0.751. The molecule has 4 rings (SSSR count). The lowest BCUT2D eigenvalue weighted by molar-refractivity contribution is 0.0492. The van der Waals surface area contributed by atoms with E-state index in [2.05, 4.69) is 15.0 Å². The smallest absolute Gasteiger partial charge is 0.148 e. The summed E-state index contributed by atoms with van der Waals surface area (Å²) in [5.74, 6) is 0.680. The van der Waals surface area contributed by atoms with Gasteiger partial charge >= 0.3 is 0 Å². The molecule has 27 heavy (non-hydrogen) atoms. The Bertz CT molecular complexity index is 897. The SMILES string of the molecule is Cn1ccnc1C(O)C1CCN(Cc2cnn(-c3ccccc3F)c2)CC1. The first kappa shape index (κ1) is 17.9. The zero-order valence-electron chi connectivity index (χ0n) is 15.4. The maximum Gasteiger partial charge on any atom is 0.148 e. The van der Waals surface area contributed by atoms with Gasteiger partial charge in [0.05, 0.1) is 6.20 Å². The molecule has 1 aromatic carbocycles. The average molecular weight is 369 g/mol. The highest BCUT2D eigenvalue weighted by Crippen LogP contribution is 2.30. The maximum atomic E-state index is 13.9. The molecule has 0 aliphatic carbocycles. The minimum atomic E-state index is -0.518. The Morgan fingerprint density at radius 3 is 2.74 bits per heavy atom. The Morgan fingerprint density at radius 1 is 1.26 bits per heavy atom. The zero-order chi connectivity index (χ0) is 18.8. The maximum absolute atomic E-state index is 13.9. The third-order valence-corrected chi connectivity index (χ3v) is 5.34. The van der Waals surface area contributed by atoms with Gasteiger partial charge in [-0.05, 0) is 44.0 Å².